The second kappa shape index (κ2) is 15.1. The minimum absolute atomic E-state index is 0.00493. The number of benzene rings is 2. The molecule has 4 aliphatic rings. The summed E-state index contributed by atoms with van der Waals surface area (Å²) in [6.07, 6.45) is 4.69. The molecule has 2 bridgehead atoms. The van der Waals surface area contributed by atoms with Crippen LogP contribution in [0, 0.1) is 17.8 Å². The highest BCUT2D eigenvalue weighted by atomic mass is 35.5. The van der Waals surface area contributed by atoms with Gasteiger partial charge in [0, 0.05) is 77.3 Å². The van der Waals surface area contributed by atoms with Gasteiger partial charge >= 0.3 is 12.1 Å². The molecule has 15 heteroatoms. The van der Waals surface area contributed by atoms with Gasteiger partial charge in [0.1, 0.15) is 5.60 Å². The van der Waals surface area contributed by atoms with E-state index in [1.54, 1.807) is 64.1 Å². The summed E-state index contributed by atoms with van der Waals surface area (Å²) in [5, 5.41) is 15.6. The number of carbonyl (C=O) groups excluding carboxylic acids is 3. The highest BCUT2D eigenvalue weighted by Gasteiger charge is 2.57. The molecular weight excluding hydrogens is 772 g/mol. The fraction of sp³-hybridized carbons (Fsp3) is 0.500. The first-order chi connectivity index (χ1) is 30.4. The molecule has 2 saturated carbocycles. The quantitative estimate of drug-likeness (QED) is 0.156. The third-order valence-corrected chi connectivity index (χ3v) is 13.1. The normalized spacial score (nSPS) is 23.2. The molecule has 0 atom stereocenters. The number of hydrogen-bond acceptors (Lipinski definition) is 8. The number of fused-ring (bicyclic) bond motifs is 4. The first-order valence-electron chi connectivity index (χ1n) is 23.1. The van der Waals surface area contributed by atoms with Crippen LogP contribution in [0.2, 0.25) is 5.02 Å². The minimum atomic E-state index is -2.75. The number of aliphatic carboxylic acids is 1. The van der Waals surface area contributed by atoms with Crippen LogP contribution in [-0.2, 0) is 49.4 Å². The number of aromatic nitrogens is 4. The maximum absolute atomic E-state index is 14.0. The number of carboxylic acids is 1. The highest BCUT2D eigenvalue weighted by molar-refractivity contribution is 6.36. The molecule has 3 N–H and O–H groups in total. The molecule has 3 amide bonds. The lowest BCUT2D eigenvalue weighted by Gasteiger charge is -2.32. The lowest BCUT2D eigenvalue weighted by Crippen LogP contribution is -2.40. The van der Waals surface area contributed by atoms with Gasteiger partial charge in [-0.05, 0) is 101 Å². The van der Waals surface area contributed by atoms with Crippen LogP contribution >= 0.6 is 11.6 Å². The molecule has 2 fully saturated rings. The van der Waals surface area contributed by atoms with E-state index in [-0.39, 0.29) is 53.0 Å². The van der Waals surface area contributed by atoms with E-state index in [2.05, 4.69) is 25.5 Å². The third kappa shape index (κ3) is 7.61. The van der Waals surface area contributed by atoms with E-state index in [1.807, 2.05) is 0 Å². The zero-order valence-corrected chi connectivity index (χ0v) is 34.5. The zero-order chi connectivity index (χ0) is 47.0. The average molecular weight is 831 g/mol. The summed E-state index contributed by atoms with van der Waals surface area (Å²) in [5.41, 5.74) is 2.40. The number of anilines is 2. The number of imidazole rings is 2. The molecule has 2 aliphatic carbocycles. The molecule has 8 rings (SSSR count). The van der Waals surface area contributed by atoms with Crippen molar-refractivity contribution in [3.8, 4) is 11.1 Å². The van der Waals surface area contributed by atoms with E-state index in [4.69, 9.17) is 24.6 Å². The highest BCUT2D eigenvalue weighted by Crippen LogP contribution is 2.63. The number of hydrogen-bond donors (Lipinski definition) is 3. The molecule has 0 saturated heterocycles. The molecule has 0 unspecified atom stereocenters. The van der Waals surface area contributed by atoms with Crippen LogP contribution in [0.4, 0.5) is 16.2 Å². The molecule has 2 aliphatic heterocycles. The van der Waals surface area contributed by atoms with E-state index in [1.165, 1.54) is 4.90 Å². The lowest BCUT2D eigenvalue weighted by molar-refractivity contribution is -0.148. The van der Waals surface area contributed by atoms with Crippen molar-refractivity contribution in [3.63, 3.8) is 0 Å². The molecule has 4 aromatic rings. The van der Waals surface area contributed by atoms with Crippen LogP contribution in [0.1, 0.15) is 117 Å². The average Bonchev–Trinajstić information content (AvgIpc) is 4.00. The van der Waals surface area contributed by atoms with Gasteiger partial charge in [0.05, 0.1) is 34.1 Å². The van der Waals surface area contributed by atoms with Crippen molar-refractivity contribution in [1.29, 1.82) is 0 Å². The summed E-state index contributed by atoms with van der Waals surface area (Å²) in [7, 11) is 0. The number of nitrogens with zero attached hydrogens (tertiary/aromatic N) is 6. The van der Waals surface area contributed by atoms with Crippen molar-refractivity contribution in [2.24, 2.45) is 24.8 Å². The van der Waals surface area contributed by atoms with Gasteiger partial charge in [-0.1, -0.05) is 35.9 Å². The molecule has 14 nitrogen and oxygen atoms in total. The van der Waals surface area contributed by atoms with Crippen molar-refractivity contribution in [3.05, 3.63) is 81.4 Å². The van der Waals surface area contributed by atoms with Gasteiger partial charge in [0.25, 0.3) is 11.8 Å². The maximum Gasteiger partial charge on any atom is 0.410 e. The Balaban J connectivity index is 0.994. The van der Waals surface area contributed by atoms with Crippen molar-refractivity contribution < 1.29 is 37.2 Å². The Bertz CT molecular complexity index is 2590. The summed E-state index contributed by atoms with van der Waals surface area (Å²) >= 11 is 7.00. The van der Waals surface area contributed by atoms with Gasteiger partial charge in [0.15, 0.2) is 11.6 Å². The molecule has 59 heavy (non-hydrogen) atoms. The van der Waals surface area contributed by atoms with Crippen LogP contribution in [0.15, 0.2) is 36.4 Å². The molecule has 312 valence electrons. The number of carbonyl (C=O) groups is 4. The Hall–Kier alpha value is -5.21. The summed E-state index contributed by atoms with van der Waals surface area (Å²) in [6, 6.07) is 10.1. The fourth-order valence-corrected chi connectivity index (χ4v) is 9.68. The van der Waals surface area contributed by atoms with Crippen LogP contribution < -0.4 is 10.6 Å². The van der Waals surface area contributed by atoms with Crippen molar-refractivity contribution >= 4 is 46.9 Å². The Kier molecular flexibility index (Phi) is 8.61. The number of carboxylic acid groups (broad SMARTS) is 1. The Morgan fingerprint density at radius 3 is 2.07 bits per heavy atom. The number of amides is 3. The van der Waals surface area contributed by atoms with Gasteiger partial charge in [-0.25, -0.2) is 14.8 Å². The number of rotatable bonds is 9. The smallest absolute Gasteiger partial charge is 0.410 e. The monoisotopic (exact) mass is 830 g/mol. The van der Waals surface area contributed by atoms with Crippen LogP contribution in [-0.4, -0.2) is 83.1 Å². The van der Waals surface area contributed by atoms with Crippen LogP contribution in [0.5, 0.6) is 0 Å². The second-order valence-corrected chi connectivity index (χ2v) is 18.0. The Labute approximate surface area is 357 Å². The topological polar surface area (TPSA) is 164 Å². The minimum Gasteiger partial charge on any atom is -0.481 e. The lowest BCUT2D eigenvalue weighted by atomic mass is 9.80. The predicted octanol–water partition coefficient (Wildman–Crippen LogP) is 7.36. The predicted molar refractivity (Wildman–Crippen MR) is 223 cm³/mol. The largest absolute Gasteiger partial charge is 0.481 e. The maximum atomic E-state index is 14.0. The summed E-state index contributed by atoms with van der Waals surface area (Å²) < 4.78 is 57.4. The molecule has 4 heterocycles. The van der Waals surface area contributed by atoms with E-state index < -0.39 is 48.8 Å². The zero-order valence-electron chi connectivity index (χ0n) is 39.7. The van der Waals surface area contributed by atoms with E-state index in [0.29, 0.717) is 84.8 Å². The first-order valence-corrected chi connectivity index (χ1v) is 20.4. The van der Waals surface area contributed by atoms with Crippen LogP contribution in [0.25, 0.3) is 11.1 Å². The van der Waals surface area contributed by atoms with Crippen molar-refractivity contribution in [1.82, 2.24) is 28.9 Å². The number of halogens is 1. The molecular formula is C44H53ClN8O6. The van der Waals surface area contributed by atoms with E-state index in [0.717, 1.165) is 28.4 Å². The number of nitrogens with one attached hydrogen (secondary N) is 2. The van der Waals surface area contributed by atoms with Gasteiger partial charge in [-0.15, -0.1) is 0 Å². The molecule has 0 spiro atoms. The van der Waals surface area contributed by atoms with Crippen molar-refractivity contribution in [2.45, 2.75) is 97.8 Å². The van der Waals surface area contributed by atoms with Crippen molar-refractivity contribution in [2.75, 3.05) is 30.3 Å². The van der Waals surface area contributed by atoms with Gasteiger partial charge in [0.2, 0.25) is 0 Å². The van der Waals surface area contributed by atoms with Gasteiger partial charge in [-0.3, -0.25) is 19.3 Å². The molecule has 2 aromatic heterocycles. The van der Waals surface area contributed by atoms with Gasteiger partial charge < -0.3 is 34.5 Å². The number of ether oxygens (including phenoxy) is 1. The SMILES string of the molecule is [2H]C([2H])([2H])n1c(C(=O)Nc2cccc(-c3cccc(NC(=O)c4nc5c(n4C([2H])([2H])[2H])CCN(CCC46CCC(C(=O)O)(CC4)C6)C5)c3Cl)c2C)nc2c1CCN(C(=O)OC(C)(C)C)C2. The third-order valence-electron chi connectivity index (χ3n) is 12.7. The Morgan fingerprint density at radius 2 is 1.46 bits per heavy atom. The standard InChI is InChI=1S/C44H53ClN8O6/c1-26-27(9-7-11-29(26)48-38(54)36-47-32-24-53(21-14-34(32)51(36)6)41(58)59-42(2,3)4)28-10-8-12-30(35(28)45)49-39(55)37-46-31-23-52(20-13-33(31)50(37)5)22-19-43-15-17-44(25-43,18-16-43)40(56)57/h7-12H,13-25H2,1-6H3,(H,48,54)(H,49,55)(H,56,57)/i5D3,6D3. The summed E-state index contributed by atoms with van der Waals surface area (Å²) in [5.74, 6) is -2.86. The van der Waals surface area contributed by atoms with Gasteiger partial charge in [-0.2, -0.15) is 0 Å². The second-order valence-electron chi connectivity index (χ2n) is 17.6. The van der Waals surface area contributed by atoms with E-state index in [9.17, 15) is 24.3 Å². The van der Waals surface area contributed by atoms with Crippen LogP contribution in [0.3, 0.4) is 0 Å². The Morgan fingerprint density at radius 1 is 0.864 bits per heavy atom. The molecule has 0 radical (unpaired) electrons. The van der Waals surface area contributed by atoms with E-state index >= 15 is 0 Å². The summed E-state index contributed by atoms with van der Waals surface area (Å²) in [4.78, 5) is 65.4. The summed E-state index contributed by atoms with van der Waals surface area (Å²) in [6.45, 7) is 3.32. The first kappa shape index (κ1) is 33.6. The fourth-order valence-electron chi connectivity index (χ4n) is 9.41. The molecule has 2 aromatic carbocycles.